The number of fused-ring (bicyclic) bond motifs is 1. The van der Waals surface area contributed by atoms with Crippen molar-refractivity contribution in [1.29, 1.82) is 0 Å². The molecule has 7 heteroatoms. The largest absolute Gasteiger partial charge is 0.345 e. The lowest BCUT2D eigenvalue weighted by Gasteiger charge is -2.13. The van der Waals surface area contributed by atoms with Crippen LogP contribution < -0.4 is 5.32 Å². The molecular weight excluding hydrogens is 354 g/mol. The summed E-state index contributed by atoms with van der Waals surface area (Å²) in [5.41, 5.74) is 2.24. The second kappa shape index (κ2) is 6.26. The van der Waals surface area contributed by atoms with Crippen molar-refractivity contribution in [2.24, 2.45) is 0 Å². The summed E-state index contributed by atoms with van der Waals surface area (Å²) in [6.07, 6.45) is 1.70. The Labute approximate surface area is 144 Å². The minimum absolute atomic E-state index is 0.0331. The van der Waals surface area contributed by atoms with Crippen LogP contribution in [0, 0.1) is 0 Å². The van der Waals surface area contributed by atoms with Crippen LogP contribution in [0.15, 0.2) is 34.5 Å². The van der Waals surface area contributed by atoms with Gasteiger partial charge in [-0.2, -0.15) is 0 Å². The summed E-state index contributed by atoms with van der Waals surface area (Å²) >= 11 is 7.01. The highest BCUT2D eigenvalue weighted by Gasteiger charge is 2.25. The quantitative estimate of drug-likeness (QED) is 0.895. The average molecular weight is 370 g/mol. The summed E-state index contributed by atoms with van der Waals surface area (Å²) in [5.74, 6) is -0.203. The summed E-state index contributed by atoms with van der Waals surface area (Å²) in [6.45, 7) is 1.59. The molecule has 1 aliphatic carbocycles. The third kappa shape index (κ3) is 3.29. The van der Waals surface area contributed by atoms with Crippen LogP contribution in [0.3, 0.4) is 0 Å². The highest BCUT2D eigenvalue weighted by molar-refractivity contribution is 7.93. The Morgan fingerprint density at radius 2 is 2.13 bits per heavy atom. The Hall–Kier alpha value is -1.37. The molecule has 0 unspecified atom stereocenters. The lowest BCUT2D eigenvalue weighted by Crippen LogP contribution is -2.26. The van der Waals surface area contributed by atoms with Crippen molar-refractivity contribution in [2.45, 2.75) is 30.0 Å². The molecule has 122 valence electrons. The van der Waals surface area contributed by atoms with Crippen LogP contribution in [0.5, 0.6) is 0 Å². The summed E-state index contributed by atoms with van der Waals surface area (Å²) in [7, 11) is -3.27. The van der Waals surface area contributed by atoms with Gasteiger partial charge in [-0.25, -0.2) is 8.42 Å². The molecule has 23 heavy (non-hydrogen) atoms. The van der Waals surface area contributed by atoms with Crippen molar-refractivity contribution in [3.63, 3.8) is 0 Å². The number of sulfone groups is 1. The molecule has 0 saturated heterocycles. The van der Waals surface area contributed by atoms with E-state index in [1.165, 1.54) is 6.07 Å². The van der Waals surface area contributed by atoms with Crippen molar-refractivity contribution in [3.05, 3.63) is 51.4 Å². The number of thiophene rings is 1. The number of aryl methyl sites for hydroxylation is 1. The lowest BCUT2D eigenvalue weighted by molar-refractivity contribution is 0.0941. The summed E-state index contributed by atoms with van der Waals surface area (Å²) in [4.78, 5) is 12.8. The Kier molecular flexibility index (Phi) is 4.49. The molecule has 1 aliphatic rings. The average Bonchev–Trinajstić information content (AvgIpc) is 3.15. The molecule has 0 radical (unpaired) electrons. The van der Waals surface area contributed by atoms with Crippen LogP contribution in [-0.2, 0) is 16.3 Å². The first-order valence-electron chi connectivity index (χ1n) is 7.32. The normalized spacial score (nSPS) is 17.0. The van der Waals surface area contributed by atoms with Crippen molar-refractivity contribution >= 4 is 38.7 Å². The number of carbonyl (C=O) groups excluding carboxylic acids is 1. The van der Waals surface area contributed by atoms with E-state index < -0.39 is 9.84 Å². The monoisotopic (exact) mass is 369 g/mol. The van der Waals surface area contributed by atoms with Crippen molar-refractivity contribution in [1.82, 2.24) is 5.32 Å². The SMILES string of the molecule is CCS(=O)(=O)c1ccc(C(=O)N[C@@H]2CCc3cc(Cl)ccc32)s1. The van der Waals surface area contributed by atoms with Gasteiger partial charge in [-0.15, -0.1) is 11.3 Å². The number of nitrogens with one attached hydrogen (secondary N) is 1. The van der Waals surface area contributed by atoms with Crippen molar-refractivity contribution in [3.8, 4) is 0 Å². The zero-order valence-corrected chi connectivity index (χ0v) is 14.9. The molecule has 0 bridgehead atoms. The molecule has 0 spiro atoms. The first kappa shape index (κ1) is 16.5. The fraction of sp³-hybridized carbons (Fsp3) is 0.312. The molecule has 1 amide bonds. The Balaban J connectivity index is 1.77. The van der Waals surface area contributed by atoms with E-state index >= 15 is 0 Å². The second-order valence-electron chi connectivity index (χ2n) is 5.43. The molecule has 4 nitrogen and oxygen atoms in total. The maximum Gasteiger partial charge on any atom is 0.261 e. The molecule has 0 aliphatic heterocycles. The van der Waals surface area contributed by atoms with Crippen LogP contribution in [0.2, 0.25) is 5.02 Å². The number of hydrogen-bond acceptors (Lipinski definition) is 4. The van der Waals surface area contributed by atoms with Crippen molar-refractivity contribution in [2.75, 3.05) is 5.75 Å². The summed E-state index contributed by atoms with van der Waals surface area (Å²) in [5, 5.41) is 3.68. The van der Waals surface area contributed by atoms with Crippen molar-refractivity contribution < 1.29 is 13.2 Å². The van der Waals surface area contributed by atoms with Gasteiger partial charge in [0.25, 0.3) is 5.91 Å². The van der Waals surface area contributed by atoms with E-state index in [0.717, 1.165) is 35.3 Å². The first-order valence-corrected chi connectivity index (χ1v) is 10.2. The minimum atomic E-state index is -3.27. The molecule has 1 aromatic heterocycles. The van der Waals surface area contributed by atoms with E-state index in [4.69, 9.17) is 11.6 Å². The molecule has 3 rings (SSSR count). The topological polar surface area (TPSA) is 63.2 Å². The smallest absolute Gasteiger partial charge is 0.261 e. The third-order valence-electron chi connectivity index (χ3n) is 3.98. The lowest BCUT2D eigenvalue weighted by atomic mass is 10.1. The van der Waals surface area contributed by atoms with Crippen LogP contribution in [0.1, 0.15) is 40.2 Å². The third-order valence-corrected chi connectivity index (χ3v) is 7.61. The van der Waals surface area contributed by atoms with Gasteiger partial charge in [-0.3, -0.25) is 4.79 Å². The highest BCUT2D eigenvalue weighted by atomic mass is 35.5. The van der Waals surface area contributed by atoms with Gasteiger partial charge in [0.1, 0.15) is 4.21 Å². The summed E-state index contributed by atoms with van der Waals surface area (Å²) < 4.78 is 23.9. The van der Waals surface area contributed by atoms with Gasteiger partial charge in [-0.05, 0) is 48.2 Å². The molecule has 1 atom stereocenters. The predicted molar refractivity (Wildman–Crippen MR) is 92.0 cm³/mol. The fourth-order valence-corrected chi connectivity index (χ4v) is 5.24. The number of amides is 1. The van der Waals surface area contributed by atoms with E-state index in [-0.39, 0.29) is 21.9 Å². The Morgan fingerprint density at radius 3 is 2.87 bits per heavy atom. The zero-order chi connectivity index (χ0) is 16.6. The maximum atomic E-state index is 12.4. The standard InChI is InChI=1S/C16H16ClNO3S2/c1-2-23(20,21)15-8-7-14(22-15)16(19)18-13-6-3-10-9-11(17)4-5-12(10)13/h4-5,7-9,13H,2-3,6H2,1H3,(H,18,19)/t13-/m1/s1. The Morgan fingerprint density at radius 1 is 1.35 bits per heavy atom. The first-order chi connectivity index (χ1) is 10.9. The van der Waals surface area contributed by atoms with Gasteiger partial charge < -0.3 is 5.32 Å². The van der Waals surface area contributed by atoms with E-state index in [1.807, 2.05) is 18.2 Å². The molecule has 0 fully saturated rings. The second-order valence-corrected chi connectivity index (χ2v) is 9.46. The van der Waals surface area contributed by atoms with Gasteiger partial charge in [0.05, 0.1) is 16.7 Å². The van der Waals surface area contributed by atoms with E-state index in [0.29, 0.717) is 9.90 Å². The van der Waals surface area contributed by atoms with Crippen LogP contribution >= 0.6 is 22.9 Å². The van der Waals surface area contributed by atoms with Crippen LogP contribution in [-0.4, -0.2) is 20.1 Å². The van der Waals surface area contributed by atoms with Gasteiger partial charge in [0.15, 0.2) is 9.84 Å². The number of hydrogen-bond donors (Lipinski definition) is 1. The van der Waals surface area contributed by atoms with E-state index in [9.17, 15) is 13.2 Å². The molecule has 2 aromatic rings. The molecule has 1 heterocycles. The maximum absolute atomic E-state index is 12.4. The Bertz CT molecular complexity index is 858. The molecular formula is C16H16ClNO3S2. The van der Waals surface area contributed by atoms with Gasteiger partial charge in [0.2, 0.25) is 0 Å². The predicted octanol–water partition coefficient (Wildman–Crippen LogP) is 3.61. The summed E-state index contributed by atoms with van der Waals surface area (Å²) in [6, 6.07) is 8.71. The number of carbonyl (C=O) groups is 1. The zero-order valence-electron chi connectivity index (χ0n) is 12.5. The van der Waals surface area contributed by atoms with Gasteiger partial charge in [0, 0.05) is 5.02 Å². The number of benzene rings is 1. The van der Waals surface area contributed by atoms with Gasteiger partial charge in [-0.1, -0.05) is 24.6 Å². The molecule has 1 aromatic carbocycles. The van der Waals surface area contributed by atoms with Crippen LogP contribution in [0.25, 0.3) is 0 Å². The van der Waals surface area contributed by atoms with E-state index in [2.05, 4.69) is 5.32 Å². The fourth-order valence-electron chi connectivity index (χ4n) is 2.72. The van der Waals surface area contributed by atoms with E-state index in [1.54, 1.807) is 13.0 Å². The van der Waals surface area contributed by atoms with Gasteiger partial charge >= 0.3 is 0 Å². The minimum Gasteiger partial charge on any atom is -0.345 e. The van der Waals surface area contributed by atoms with Crippen LogP contribution in [0.4, 0.5) is 0 Å². The number of halogens is 1. The highest BCUT2D eigenvalue weighted by Crippen LogP contribution is 2.33. The molecule has 0 saturated carbocycles. The molecule has 1 N–H and O–H groups in total. The number of rotatable bonds is 4.